The van der Waals surface area contributed by atoms with E-state index in [0.29, 0.717) is 12.4 Å². The fourth-order valence-electron chi connectivity index (χ4n) is 2.23. The van der Waals surface area contributed by atoms with Crippen molar-refractivity contribution in [3.63, 3.8) is 0 Å². The molecule has 1 fully saturated rings. The van der Waals surface area contributed by atoms with Crippen molar-refractivity contribution in [2.24, 2.45) is 11.8 Å². The van der Waals surface area contributed by atoms with E-state index in [1.165, 1.54) is 0 Å². The SMILES string of the molecule is O=C(O)C1CCCC1CNc1cnccn1. The zero-order valence-electron chi connectivity index (χ0n) is 8.97. The summed E-state index contributed by atoms with van der Waals surface area (Å²) in [4.78, 5) is 19.0. The first-order valence-corrected chi connectivity index (χ1v) is 5.50. The Labute approximate surface area is 93.9 Å². The Morgan fingerprint density at radius 2 is 2.38 bits per heavy atom. The topological polar surface area (TPSA) is 75.1 Å². The summed E-state index contributed by atoms with van der Waals surface area (Å²) in [6, 6.07) is 0. The van der Waals surface area contributed by atoms with E-state index in [1.54, 1.807) is 18.6 Å². The molecule has 0 spiro atoms. The maximum Gasteiger partial charge on any atom is 0.306 e. The predicted molar refractivity (Wildman–Crippen MR) is 59.0 cm³/mol. The summed E-state index contributed by atoms with van der Waals surface area (Å²) in [5, 5.41) is 12.2. The highest BCUT2D eigenvalue weighted by molar-refractivity contribution is 5.70. The minimum absolute atomic E-state index is 0.204. The number of hydrogen-bond donors (Lipinski definition) is 2. The zero-order chi connectivity index (χ0) is 11.4. The first-order chi connectivity index (χ1) is 7.77. The van der Waals surface area contributed by atoms with Crippen LogP contribution in [0.1, 0.15) is 19.3 Å². The number of hydrogen-bond acceptors (Lipinski definition) is 4. The minimum Gasteiger partial charge on any atom is -0.481 e. The third-order valence-corrected chi connectivity index (χ3v) is 3.08. The summed E-state index contributed by atoms with van der Waals surface area (Å²) >= 11 is 0. The molecule has 1 aromatic heterocycles. The Kier molecular flexibility index (Phi) is 3.34. The van der Waals surface area contributed by atoms with E-state index in [2.05, 4.69) is 15.3 Å². The van der Waals surface area contributed by atoms with E-state index in [-0.39, 0.29) is 11.8 Å². The Hall–Kier alpha value is -1.65. The van der Waals surface area contributed by atoms with E-state index >= 15 is 0 Å². The molecule has 2 atom stereocenters. The molecule has 1 saturated carbocycles. The quantitative estimate of drug-likeness (QED) is 0.803. The third-order valence-electron chi connectivity index (χ3n) is 3.08. The lowest BCUT2D eigenvalue weighted by atomic mass is 9.96. The normalized spacial score (nSPS) is 24.2. The molecule has 1 heterocycles. The van der Waals surface area contributed by atoms with Gasteiger partial charge in [0.05, 0.1) is 12.1 Å². The van der Waals surface area contributed by atoms with Crippen molar-refractivity contribution in [1.82, 2.24) is 9.97 Å². The number of carbonyl (C=O) groups is 1. The molecule has 5 nitrogen and oxygen atoms in total. The Morgan fingerprint density at radius 3 is 3.06 bits per heavy atom. The molecule has 0 aliphatic heterocycles. The maximum absolute atomic E-state index is 11.0. The number of aromatic nitrogens is 2. The monoisotopic (exact) mass is 221 g/mol. The lowest BCUT2D eigenvalue weighted by molar-refractivity contribution is -0.142. The van der Waals surface area contributed by atoms with Gasteiger partial charge in [-0.3, -0.25) is 9.78 Å². The largest absolute Gasteiger partial charge is 0.481 e. The first kappa shape index (κ1) is 10.9. The number of nitrogens with one attached hydrogen (secondary N) is 1. The lowest BCUT2D eigenvalue weighted by Gasteiger charge is -2.16. The summed E-state index contributed by atoms with van der Waals surface area (Å²) in [6.45, 7) is 0.662. The molecule has 2 rings (SSSR count). The molecule has 0 aromatic carbocycles. The van der Waals surface area contributed by atoms with Crippen LogP contribution in [-0.4, -0.2) is 27.6 Å². The van der Waals surface area contributed by atoms with Crippen LogP contribution in [0, 0.1) is 11.8 Å². The molecule has 86 valence electrons. The number of rotatable bonds is 4. The molecule has 0 amide bonds. The summed E-state index contributed by atoms with van der Waals surface area (Å²) in [7, 11) is 0. The molecule has 0 bridgehead atoms. The van der Waals surface area contributed by atoms with Crippen molar-refractivity contribution in [2.45, 2.75) is 19.3 Å². The highest BCUT2D eigenvalue weighted by atomic mass is 16.4. The molecule has 2 unspecified atom stereocenters. The van der Waals surface area contributed by atoms with Crippen molar-refractivity contribution in [3.8, 4) is 0 Å². The first-order valence-electron chi connectivity index (χ1n) is 5.50. The fourth-order valence-corrected chi connectivity index (χ4v) is 2.23. The molecule has 0 radical (unpaired) electrons. The van der Waals surface area contributed by atoms with Gasteiger partial charge in [-0.2, -0.15) is 0 Å². The molecule has 0 saturated heterocycles. The highest BCUT2D eigenvalue weighted by Gasteiger charge is 2.32. The molecular weight excluding hydrogens is 206 g/mol. The predicted octanol–water partition coefficient (Wildman–Crippen LogP) is 1.39. The third kappa shape index (κ3) is 2.48. The van der Waals surface area contributed by atoms with Crippen molar-refractivity contribution in [1.29, 1.82) is 0 Å². The minimum atomic E-state index is -0.677. The van der Waals surface area contributed by atoms with Gasteiger partial charge in [-0.05, 0) is 18.8 Å². The highest BCUT2D eigenvalue weighted by Crippen LogP contribution is 2.31. The van der Waals surface area contributed by atoms with Crippen molar-refractivity contribution in [2.75, 3.05) is 11.9 Å². The molecule has 5 heteroatoms. The van der Waals surface area contributed by atoms with Crippen LogP contribution in [0.5, 0.6) is 0 Å². The molecular formula is C11H15N3O2. The second-order valence-corrected chi connectivity index (χ2v) is 4.11. The van der Waals surface area contributed by atoms with E-state index in [1.807, 2.05) is 0 Å². The number of carboxylic acids is 1. The molecule has 1 aliphatic rings. The van der Waals surface area contributed by atoms with Crippen LogP contribution < -0.4 is 5.32 Å². The second kappa shape index (κ2) is 4.92. The summed E-state index contributed by atoms with van der Waals surface area (Å²) in [5.41, 5.74) is 0. The van der Waals surface area contributed by atoms with Gasteiger partial charge in [0.15, 0.2) is 0 Å². The Morgan fingerprint density at radius 1 is 1.50 bits per heavy atom. The van der Waals surface area contributed by atoms with Crippen molar-refractivity contribution >= 4 is 11.8 Å². The number of carboxylic acid groups (broad SMARTS) is 1. The van der Waals surface area contributed by atoms with Gasteiger partial charge in [0.25, 0.3) is 0 Å². The van der Waals surface area contributed by atoms with Gasteiger partial charge in [0.2, 0.25) is 0 Å². The van der Waals surface area contributed by atoms with Gasteiger partial charge in [0, 0.05) is 18.9 Å². The van der Waals surface area contributed by atoms with Crippen LogP contribution in [0.3, 0.4) is 0 Å². The van der Waals surface area contributed by atoms with E-state index in [9.17, 15) is 4.79 Å². The van der Waals surface area contributed by atoms with Gasteiger partial charge < -0.3 is 10.4 Å². The van der Waals surface area contributed by atoms with Crippen molar-refractivity contribution in [3.05, 3.63) is 18.6 Å². The van der Waals surface area contributed by atoms with Gasteiger partial charge in [-0.15, -0.1) is 0 Å². The lowest BCUT2D eigenvalue weighted by Crippen LogP contribution is -2.24. The van der Waals surface area contributed by atoms with Crippen LogP contribution in [-0.2, 0) is 4.79 Å². The van der Waals surface area contributed by atoms with Gasteiger partial charge in [0.1, 0.15) is 5.82 Å². The molecule has 2 N–H and O–H groups in total. The zero-order valence-corrected chi connectivity index (χ0v) is 8.97. The van der Waals surface area contributed by atoms with Crippen LogP contribution in [0.4, 0.5) is 5.82 Å². The van der Waals surface area contributed by atoms with Gasteiger partial charge in [-0.25, -0.2) is 4.98 Å². The summed E-state index contributed by atoms with van der Waals surface area (Å²) < 4.78 is 0. The average Bonchev–Trinajstić information content (AvgIpc) is 2.76. The van der Waals surface area contributed by atoms with Crippen LogP contribution in [0.25, 0.3) is 0 Å². The Bertz CT molecular complexity index is 356. The number of anilines is 1. The Balaban J connectivity index is 1.88. The number of aliphatic carboxylic acids is 1. The smallest absolute Gasteiger partial charge is 0.306 e. The summed E-state index contributed by atoms with van der Waals surface area (Å²) in [5.74, 6) is 0.0330. The molecule has 1 aliphatic carbocycles. The number of nitrogens with zero attached hydrogens (tertiary/aromatic N) is 2. The van der Waals surface area contributed by atoms with E-state index < -0.39 is 5.97 Å². The van der Waals surface area contributed by atoms with Crippen LogP contribution >= 0.6 is 0 Å². The van der Waals surface area contributed by atoms with Crippen molar-refractivity contribution < 1.29 is 9.90 Å². The van der Waals surface area contributed by atoms with E-state index in [0.717, 1.165) is 19.3 Å². The van der Waals surface area contributed by atoms with Gasteiger partial charge >= 0.3 is 5.97 Å². The summed E-state index contributed by atoms with van der Waals surface area (Å²) in [6.07, 6.45) is 7.65. The standard InChI is InChI=1S/C11H15N3O2/c15-11(16)9-3-1-2-8(9)6-14-10-7-12-4-5-13-10/h4-5,7-9H,1-3,6H2,(H,13,14)(H,15,16). The molecule has 16 heavy (non-hydrogen) atoms. The maximum atomic E-state index is 11.0. The average molecular weight is 221 g/mol. The van der Waals surface area contributed by atoms with Gasteiger partial charge in [-0.1, -0.05) is 6.42 Å². The van der Waals surface area contributed by atoms with Crippen LogP contribution in [0.15, 0.2) is 18.6 Å². The fraction of sp³-hybridized carbons (Fsp3) is 0.545. The second-order valence-electron chi connectivity index (χ2n) is 4.11. The molecule has 1 aromatic rings. The van der Waals surface area contributed by atoms with Crippen LogP contribution in [0.2, 0.25) is 0 Å². The van der Waals surface area contributed by atoms with E-state index in [4.69, 9.17) is 5.11 Å².